The predicted octanol–water partition coefficient (Wildman–Crippen LogP) is 4.53. The van der Waals surface area contributed by atoms with Gasteiger partial charge < -0.3 is 24.4 Å². The molecule has 0 spiro atoms. The van der Waals surface area contributed by atoms with Crippen LogP contribution < -0.4 is 23.8 Å². The van der Waals surface area contributed by atoms with Gasteiger partial charge in [-0.05, 0) is 61.7 Å². The van der Waals surface area contributed by atoms with E-state index in [1.54, 1.807) is 62.6 Å². The predicted molar refractivity (Wildman–Crippen MR) is 166 cm³/mol. The first kappa shape index (κ1) is 31.2. The van der Waals surface area contributed by atoms with Crippen molar-refractivity contribution in [2.75, 3.05) is 31.2 Å². The summed E-state index contributed by atoms with van der Waals surface area (Å²) in [6.07, 6.45) is 5.04. The number of carbonyl (C=O) groups excluding carboxylic acids is 2. The Hall–Kier alpha value is -4.25. The average molecular weight is 622 g/mol. The maximum Gasteiger partial charge on any atom is 0.264 e. The van der Waals surface area contributed by atoms with Crippen LogP contribution in [0.3, 0.4) is 0 Å². The molecule has 1 heterocycles. The highest BCUT2D eigenvalue weighted by atomic mass is 32.2. The summed E-state index contributed by atoms with van der Waals surface area (Å²) in [5.74, 6) is 0.691. The first-order valence-corrected chi connectivity index (χ1v) is 16.4. The van der Waals surface area contributed by atoms with Crippen LogP contribution in [0.1, 0.15) is 44.6 Å². The Kier molecular flexibility index (Phi) is 9.94. The number of methoxy groups -OCH3 is 1. The Balaban J connectivity index is 1.49. The number of nitrogens with zero attached hydrogens (tertiary/aromatic N) is 2. The molecule has 2 aliphatic rings. The van der Waals surface area contributed by atoms with Gasteiger partial charge in [0, 0.05) is 18.7 Å². The number of hydrogen-bond acceptors (Lipinski definition) is 7. The van der Waals surface area contributed by atoms with E-state index in [1.165, 1.54) is 17.0 Å². The van der Waals surface area contributed by atoms with Gasteiger partial charge in [-0.15, -0.1) is 0 Å². The van der Waals surface area contributed by atoms with Crippen LogP contribution in [0, 0.1) is 0 Å². The fraction of sp³-hybridized carbons (Fsp3) is 0.394. The fourth-order valence-electron chi connectivity index (χ4n) is 5.55. The second-order valence-corrected chi connectivity index (χ2v) is 12.9. The van der Waals surface area contributed by atoms with Crippen LogP contribution in [0.25, 0.3) is 0 Å². The van der Waals surface area contributed by atoms with Crippen LogP contribution in [0.5, 0.6) is 17.2 Å². The molecule has 1 atom stereocenters. The number of anilines is 1. The molecule has 0 unspecified atom stereocenters. The number of nitrogens with one attached hydrogen (secondary N) is 1. The van der Waals surface area contributed by atoms with Crippen molar-refractivity contribution in [3.05, 3.63) is 78.4 Å². The lowest BCUT2D eigenvalue weighted by Crippen LogP contribution is -2.53. The zero-order valence-corrected chi connectivity index (χ0v) is 25.9. The molecule has 44 heavy (non-hydrogen) atoms. The lowest BCUT2D eigenvalue weighted by Gasteiger charge is -2.33. The first-order chi connectivity index (χ1) is 21.3. The van der Waals surface area contributed by atoms with Gasteiger partial charge in [-0.1, -0.05) is 49.6 Å². The molecule has 1 aliphatic carbocycles. The van der Waals surface area contributed by atoms with Gasteiger partial charge in [-0.2, -0.15) is 0 Å². The number of hydrogen-bond donors (Lipinski definition) is 1. The van der Waals surface area contributed by atoms with E-state index in [0.717, 1.165) is 42.0 Å². The number of rotatable bonds is 11. The Morgan fingerprint density at radius 2 is 1.66 bits per heavy atom. The van der Waals surface area contributed by atoms with Crippen LogP contribution in [0.2, 0.25) is 0 Å². The van der Waals surface area contributed by atoms with Gasteiger partial charge in [0.25, 0.3) is 10.0 Å². The van der Waals surface area contributed by atoms with Gasteiger partial charge in [0.2, 0.25) is 11.8 Å². The van der Waals surface area contributed by atoms with Crippen molar-refractivity contribution < 1.29 is 32.2 Å². The molecule has 1 fully saturated rings. The van der Waals surface area contributed by atoms with E-state index in [4.69, 9.17) is 14.2 Å². The van der Waals surface area contributed by atoms with Gasteiger partial charge in [0.15, 0.2) is 11.5 Å². The standard InChI is InChI=1S/C33H39N3O7S/c1-24(33(38)34-26-11-5-3-6-12-26)35(22-25-10-9-13-28(20-25)41-2)32(37)23-36(44(39,40)29-14-7-4-8-15-29)27-16-17-30-31(21-27)43-19-18-42-30/h4,7-10,13-17,20-21,24,26H,3,5-6,11-12,18-19,22-23H2,1-2H3,(H,34,38)/t24-/m1/s1. The van der Waals surface area contributed by atoms with Crippen LogP contribution in [-0.2, 0) is 26.2 Å². The molecule has 11 heteroatoms. The number of carbonyl (C=O) groups is 2. The summed E-state index contributed by atoms with van der Waals surface area (Å²) < 4.78 is 45.9. The number of sulfonamides is 1. The zero-order chi connectivity index (χ0) is 31.1. The average Bonchev–Trinajstić information content (AvgIpc) is 3.06. The fourth-order valence-corrected chi connectivity index (χ4v) is 6.98. The summed E-state index contributed by atoms with van der Waals surface area (Å²) in [4.78, 5) is 29.2. The van der Waals surface area contributed by atoms with E-state index >= 15 is 0 Å². The molecule has 0 aromatic heterocycles. The minimum absolute atomic E-state index is 0.0325. The Bertz CT molecular complexity index is 1560. The molecular formula is C33H39N3O7S. The minimum Gasteiger partial charge on any atom is -0.497 e. The molecular weight excluding hydrogens is 582 g/mol. The highest BCUT2D eigenvalue weighted by Gasteiger charge is 2.34. The van der Waals surface area contributed by atoms with Crippen molar-refractivity contribution >= 4 is 27.5 Å². The maximum atomic E-state index is 14.2. The molecule has 1 N–H and O–H groups in total. The number of amides is 2. The third-order valence-corrected chi connectivity index (χ3v) is 9.82. The Morgan fingerprint density at radius 3 is 2.39 bits per heavy atom. The van der Waals surface area contributed by atoms with Gasteiger partial charge in [0.1, 0.15) is 31.5 Å². The molecule has 0 radical (unpaired) electrons. The van der Waals surface area contributed by atoms with E-state index in [1.807, 2.05) is 12.1 Å². The Labute approximate surface area is 259 Å². The summed E-state index contributed by atoms with van der Waals surface area (Å²) in [5.41, 5.74) is 0.985. The van der Waals surface area contributed by atoms with Gasteiger partial charge in [-0.25, -0.2) is 8.42 Å². The molecule has 0 saturated heterocycles. The molecule has 1 aliphatic heterocycles. The number of benzene rings is 3. The molecule has 0 bridgehead atoms. The third-order valence-electron chi connectivity index (χ3n) is 8.03. The molecule has 3 aromatic carbocycles. The largest absolute Gasteiger partial charge is 0.497 e. The maximum absolute atomic E-state index is 14.2. The van der Waals surface area contributed by atoms with Crippen molar-refractivity contribution in [3.8, 4) is 17.2 Å². The summed E-state index contributed by atoms with van der Waals surface area (Å²) in [6.45, 7) is 1.92. The molecule has 2 amide bonds. The molecule has 1 saturated carbocycles. The molecule has 3 aromatic rings. The summed E-state index contributed by atoms with van der Waals surface area (Å²) in [6, 6.07) is 19.2. The monoisotopic (exact) mass is 621 g/mol. The molecule has 5 rings (SSSR count). The van der Waals surface area contributed by atoms with Gasteiger partial charge in [0.05, 0.1) is 17.7 Å². The van der Waals surface area contributed by atoms with Crippen LogP contribution in [-0.4, -0.2) is 64.1 Å². The third kappa shape index (κ3) is 7.27. The van der Waals surface area contributed by atoms with Crippen molar-refractivity contribution in [2.45, 2.75) is 62.6 Å². The highest BCUT2D eigenvalue weighted by molar-refractivity contribution is 7.92. The summed E-state index contributed by atoms with van der Waals surface area (Å²) in [7, 11) is -2.64. The molecule has 234 valence electrons. The van der Waals surface area contributed by atoms with Crippen molar-refractivity contribution in [1.82, 2.24) is 10.2 Å². The van der Waals surface area contributed by atoms with E-state index < -0.39 is 28.5 Å². The van der Waals surface area contributed by atoms with E-state index in [-0.39, 0.29) is 29.1 Å². The minimum atomic E-state index is -4.19. The molecule has 10 nitrogen and oxygen atoms in total. The Morgan fingerprint density at radius 1 is 0.932 bits per heavy atom. The van der Waals surface area contributed by atoms with Crippen molar-refractivity contribution in [2.24, 2.45) is 0 Å². The van der Waals surface area contributed by atoms with E-state index in [2.05, 4.69) is 5.32 Å². The highest BCUT2D eigenvalue weighted by Crippen LogP contribution is 2.36. The SMILES string of the molecule is COc1cccc(CN(C(=O)CN(c2ccc3c(c2)OCCO3)S(=O)(=O)c2ccccc2)[C@H](C)C(=O)NC2CCCCC2)c1. The topological polar surface area (TPSA) is 114 Å². The second-order valence-electron chi connectivity index (χ2n) is 11.0. The summed E-state index contributed by atoms with van der Waals surface area (Å²) >= 11 is 0. The van der Waals surface area contributed by atoms with Gasteiger partial charge >= 0.3 is 0 Å². The van der Waals surface area contributed by atoms with Crippen molar-refractivity contribution in [1.29, 1.82) is 0 Å². The number of fused-ring (bicyclic) bond motifs is 1. The second kappa shape index (κ2) is 14.0. The van der Waals surface area contributed by atoms with Gasteiger partial charge in [-0.3, -0.25) is 13.9 Å². The first-order valence-electron chi connectivity index (χ1n) is 15.0. The van der Waals surface area contributed by atoms with Crippen LogP contribution >= 0.6 is 0 Å². The van der Waals surface area contributed by atoms with Crippen LogP contribution in [0.4, 0.5) is 5.69 Å². The van der Waals surface area contributed by atoms with Crippen LogP contribution in [0.15, 0.2) is 77.7 Å². The number of ether oxygens (including phenoxy) is 3. The zero-order valence-electron chi connectivity index (χ0n) is 25.1. The quantitative estimate of drug-likeness (QED) is 0.335. The lowest BCUT2D eigenvalue weighted by molar-refractivity contribution is -0.139. The van der Waals surface area contributed by atoms with E-state index in [0.29, 0.717) is 30.5 Å². The lowest BCUT2D eigenvalue weighted by atomic mass is 9.95. The smallest absolute Gasteiger partial charge is 0.264 e. The van der Waals surface area contributed by atoms with Crippen molar-refractivity contribution in [3.63, 3.8) is 0 Å². The van der Waals surface area contributed by atoms with E-state index in [9.17, 15) is 18.0 Å². The summed E-state index contributed by atoms with van der Waals surface area (Å²) in [5, 5.41) is 3.12. The normalized spacial score (nSPS) is 15.6.